The SMILES string of the molecule is [O-]N(CC1CC[I-]1)c1ccccc1. The number of rotatable bonds is 3. The quantitative estimate of drug-likeness (QED) is 0.399. The van der Waals surface area contributed by atoms with E-state index in [1.54, 1.807) is 0 Å². The Kier molecular flexibility index (Phi) is 3.05. The average molecular weight is 289 g/mol. The van der Waals surface area contributed by atoms with Gasteiger partial charge in [-0.1, -0.05) is 0 Å². The standard InChI is InChI=1S/C10H12INO/c13-12(8-9-6-7-11-9)10-4-2-1-3-5-10/h1-5,9H,6-8H2/q-2. The molecule has 0 bridgehead atoms. The zero-order valence-corrected chi connectivity index (χ0v) is 9.48. The van der Waals surface area contributed by atoms with E-state index in [9.17, 15) is 5.21 Å². The molecule has 2 rings (SSSR count). The summed E-state index contributed by atoms with van der Waals surface area (Å²) >= 11 is 0.358. The molecular weight excluding hydrogens is 277 g/mol. The van der Waals surface area contributed by atoms with Crippen LogP contribution in [-0.4, -0.2) is 14.9 Å². The third-order valence-corrected chi connectivity index (χ3v) is 5.67. The number of alkyl halides is 2. The number of halogens is 1. The molecule has 0 radical (unpaired) electrons. The summed E-state index contributed by atoms with van der Waals surface area (Å²) in [6.45, 7) is 0.720. The third kappa shape index (κ3) is 2.34. The Morgan fingerprint density at radius 2 is 2.08 bits per heavy atom. The van der Waals surface area contributed by atoms with Gasteiger partial charge in [0.1, 0.15) is 0 Å². The monoisotopic (exact) mass is 289 g/mol. The van der Waals surface area contributed by atoms with E-state index in [1.165, 1.54) is 10.8 Å². The maximum absolute atomic E-state index is 11.6. The molecule has 0 aromatic heterocycles. The van der Waals surface area contributed by atoms with Gasteiger partial charge in [-0.05, 0) is 0 Å². The maximum atomic E-state index is 11.6. The Balaban J connectivity index is 1.92. The Morgan fingerprint density at radius 1 is 1.38 bits per heavy atom. The number of hydrogen-bond donors (Lipinski definition) is 0. The van der Waals surface area contributed by atoms with Crippen LogP contribution in [0, 0.1) is 5.21 Å². The predicted molar refractivity (Wildman–Crippen MR) is 50.4 cm³/mol. The molecule has 0 N–H and O–H groups in total. The molecule has 1 atom stereocenters. The molecule has 72 valence electrons. The van der Waals surface area contributed by atoms with E-state index in [2.05, 4.69) is 0 Å². The second kappa shape index (κ2) is 4.28. The second-order valence-corrected chi connectivity index (χ2v) is 6.85. The summed E-state index contributed by atoms with van der Waals surface area (Å²) in [5, 5.41) is 12.7. The summed E-state index contributed by atoms with van der Waals surface area (Å²) in [4.78, 5) is 0. The molecule has 2 nitrogen and oxygen atoms in total. The van der Waals surface area contributed by atoms with Crippen LogP contribution in [0.25, 0.3) is 0 Å². The van der Waals surface area contributed by atoms with Crippen LogP contribution in [0.2, 0.25) is 0 Å². The first-order chi connectivity index (χ1) is 6.36. The summed E-state index contributed by atoms with van der Waals surface area (Å²) in [5.41, 5.74) is 0.804. The predicted octanol–water partition coefficient (Wildman–Crippen LogP) is -1.15. The fourth-order valence-electron chi connectivity index (χ4n) is 1.28. The molecule has 13 heavy (non-hydrogen) atoms. The van der Waals surface area contributed by atoms with Gasteiger partial charge >= 0.3 is 88.8 Å². The Morgan fingerprint density at radius 3 is 2.62 bits per heavy atom. The summed E-state index contributed by atoms with van der Waals surface area (Å²) in [7, 11) is 0. The van der Waals surface area contributed by atoms with Crippen LogP contribution in [0.1, 0.15) is 6.42 Å². The molecule has 0 aliphatic carbocycles. The van der Waals surface area contributed by atoms with Gasteiger partial charge in [0, 0.05) is 0 Å². The molecular formula is C10H12INO-2. The molecule has 1 aromatic rings. The zero-order valence-electron chi connectivity index (χ0n) is 7.32. The van der Waals surface area contributed by atoms with Crippen LogP contribution >= 0.6 is 0 Å². The van der Waals surface area contributed by atoms with E-state index in [0.29, 0.717) is 21.2 Å². The van der Waals surface area contributed by atoms with Crippen molar-refractivity contribution in [1.82, 2.24) is 0 Å². The molecule has 1 aliphatic rings. The Hall–Kier alpha value is -0.290. The number of hydrogen-bond acceptors (Lipinski definition) is 2. The van der Waals surface area contributed by atoms with Gasteiger partial charge in [-0.25, -0.2) is 0 Å². The van der Waals surface area contributed by atoms with E-state index >= 15 is 0 Å². The number of benzene rings is 1. The van der Waals surface area contributed by atoms with Crippen LogP contribution in [0.15, 0.2) is 30.3 Å². The fraction of sp³-hybridized carbons (Fsp3) is 0.400. The molecule has 1 fully saturated rings. The van der Waals surface area contributed by atoms with Gasteiger partial charge in [0.2, 0.25) is 0 Å². The normalized spacial score (nSPS) is 21.5. The summed E-state index contributed by atoms with van der Waals surface area (Å²) in [6.07, 6.45) is 1.28. The van der Waals surface area contributed by atoms with Gasteiger partial charge in [0.05, 0.1) is 0 Å². The van der Waals surface area contributed by atoms with Gasteiger partial charge in [0.15, 0.2) is 0 Å². The number of nitrogens with zero attached hydrogens (tertiary/aromatic N) is 1. The summed E-state index contributed by atoms with van der Waals surface area (Å²) in [6, 6.07) is 9.52. The molecule has 1 aromatic carbocycles. The van der Waals surface area contributed by atoms with E-state index in [0.717, 1.165) is 21.2 Å². The van der Waals surface area contributed by atoms with Crippen LogP contribution in [-0.2, 0) is 0 Å². The van der Waals surface area contributed by atoms with E-state index < -0.39 is 0 Å². The number of para-hydroxylation sites is 1. The van der Waals surface area contributed by atoms with Crippen molar-refractivity contribution in [2.75, 3.05) is 16.0 Å². The molecule has 0 amide bonds. The fourth-order valence-corrected chi connectivity index (χ4v) is 3.42. The zero-order chi connectivity index (χ0) is 9.10. The van der Waals surface area contributed by atoms with E-state index in [-0.39, 0.29) is 0 Å². The van der Waals surface area contributed by atoms with Crippen molar-refractivity contribution >= 4 is 5.69 Å². The van der Waals surface area contributed by atoms with Crippen molar-refractivity contribution < 1.29 is 21.2 Å². The molecule has 0 spiro atoms. The minimum absolute atomic E-state index is 0.358. The average Bonchev–Trinajstić information content (AvgIpc) is 2.12. The Labute approximate surface area is 88.8 Å². The topological polar surface area (TPSA) is 26.3 Å². The van der Waals surface area contributed by atoms with Crippen molar-refractivity contribution in [2.45, 2.75) is 10.3 Å². The Bertz CT molecular complexity index is 261. The number of hydroxylamine groups is 1. The molecule has 0 saturated carbocycles. The van der Waals surface area contributed by atoms with Crippen molar-refractivity contribution in [2.24, 2.45) is 0 Å². The number of anilines is 1. The van der Waals surface area contributed by atoms with Crippen LogP contribution < -0.4 is 26.3 Å². The third-order valence-electron chi connectivity index (χ3n) is 2.16. The van der Waals surface area contributed by atoms with Gasteiger partial charge in [-0.3, -0.25) is 0 Å². The first-order valence-corrected chi connectivity index (χ1v) is 7.21. The molecule has 3 heteroatoms. The van der Waals surface area contributed by atoms with Gasteiger partial charge in [-0.2, -0.15) is 0 Å². The van der Waals surface area contributed by atoms with Gasteiger partial charge in [0.25, 0.3) is 0 Å². The molecule has 1 heterocycles. The second-order valence-electron chi connectivity index (χ2n) is 3.13. The molecule has 1 aliphatic heterocycles. The van der Waals surface area contributed by atoms with Crippen molar-refractivity contribution in [1.29, 1.82) is 0 Å². The van der Waals surface area contributed by atoms with Crippen molar-refractivity contribution in [3.05, 3.63) is 35.5 Å². The van der Waals surface area contributed by atoms with Crippen molar-refractivity contribution in [3.63, 3.8) is 0 Å². The summed E-state index contributed by atoms with van der Waals surface area (Å²) < 4.78 is 2.16. The molecule has 1 unspecified atom stereocenters. The van der Waals surface area contributed by atoms with Gasteiger partial charge < -0.3 is 0 Å². The van der Waals surface area contributed by atoms with E-state index in [4.69, 9.17) is 0 Å². The van der Waals surface area contributed by atoms with Crippen molar-refractivity contribution in [3.8, 4) is 0 Å². The van der Waals surface area contributed by atoms with Crippen LogP contribution in [0.3, 0.4) is 0 Å². The molecule has 1 saturated heterocycles. The first-order valence-electron chi connectivity index (χ1n) is 4.44. The first kappa shape index (κ1) is 9.27. The van der Waals surface area contributed by atoms with Crippen LogP contribution in [0.4, 0.5) is 5.69 Å². The van der Waals surface area contributed by atoms with Gasteiger partial charge in [-0.15, -0.1) is 0 Å². The van der Waals surface area contributed by atoms with Crippen LogP contribution in [0.5, 0.6) is 0 Å². The van der Waals surface area contributed by atoms with E-state index in [1.807, 2.05) is 30.3 Å². The summed E-state index contributed by atoms with van der Waals surface area (Å²) in [5.74, 6) is 0. The minimum atomic E-state index is 0.358.